The first kappa shape index (κ1) is 21.0. The third-order valence-electron chi connectivity index (χ3n) is 5.48. The number of sulfonamides is 1. The van der Waals surface area contributed by atoms with Crippen LogP contribution in [0.5, 0.6) is 0 Å². The number of nitrogens with one attached hydrogen (secondary N) is 1. The second kappa shape index (κ2) is 8.86. The fourth-order valence-corrected chi connectivity index (χ4v) is 6.46. The highest BCUT2D eigenvalue weighted by atomic mass is 32.2. The van der Waals surface area contributed by atoms with Crippen molar-refractivity contribution in [3.8, 4) is 6.07 Å². The standard InChI is InChI=1S/C21H23N3O4S2/c22-13-18-17-3-1-2-4-20(17)29-21(18)23-14-19(25)15-5-7-16(8-6-15)30(26,27)24-9-11-28-12-10-24/h5-8,23H,1-4,9-12,14H2. The molecule has 2 aliphatic rings. The average Bonchev–Trinajstić information content (AvgIpc) is 3.15. The number of carbonyl (C=O) groups excluding carboxylic acids is 1. The fourth-order valence-electron chi connectivity index (χ4n) is 3.82. The molecule has 7 nitrogen and oxygen atoms in total. The number of aryl methyl sites for hydroxylation is 1. The van der Waals surface area contributed by atoms with Crippen molar-refractivity contribution < 1.29 is 17.9 Å². The number of ether oxygens (including phenoxy) is 1. The first-order valence-electron chi connectivity index (χ1n) is 10.0. The minimum atomic E-state index is -3.58. The third kappa shape index (κ3) is 4.14. The van der Waals surface area contributed by atoms with Gasteiger partial charge in [-0.2, -0.15) is 9.57 Å². The maximum absolute atomic E-state index is 12.7. The predicted octanol–water partition coefficient (Wildman–Crippen LogP) is 2.81. The Bertz CT molecular complexity index is 1080. The van der Waals surface area contributed by atoms with Crippen LogP contribution < -0.4 is 5.32 Å². The van der Waals surface area contributed by atoms with Crippen molar-refractivity contribution in [2.75, 3.05) is 38.2 Å². The topological polar surface area (TPSA) is 99.5 Å². The average molecular weight is 446 g/mol. The Morgan fingerprint density at radius 2 is 1.87 bits per heavy atom. The molecule has 0 atom stereocenters. The number of carbonyl (C=O) groups is 1. The van der Waals surface area contributed by atoms with Gasteiger partial charge >= 0.3 is 0 Å². The molecule has 4 rings (SSSR count). The molecule has 158 valence electrons. The molecular formula is C21H23N3O4S2. The van der Waals surface area contributed by atoms with Crippen LogP contribution in [0, 0.1) is 11.3 Å². The molecule has 0 unspecified atom stereocenters. The number of ketones is 1. The monoisotopic (exact) mass is 445 g/mol. The van der Waals surface area contributed by atoms with Crippen LogP contribution in [0.4, 0.5) is 5.00 Å². The largest absolute Gasteiger partial charge is 0.379 e. The minimum Gasteiger partial charge on any atom is -0.379 e. The zero-order valence-corrected chi connectivity index (χ0v) is 18.2. The van der Waals surface area contributed by atoms with Crippen molar-refractivity contribution in [1.82, 2.24) is 4.31 Å². The van der Waals surface area contributed by atoms with Crippen LogP contribution in [-0.2, 0) is 27.6 Å². The van der Waals surface area contributed by atoms with Crippen LogP contribution in [0.15, 0.2) is 29.2 Å². The van der Waals surface area contributed by atoms with Gasteiger partial charge in [0.05, 0.1) is 30.2 Å². The van der Waals surface area contributed by atoms with Gasteiger partial charge in [0.15, 0.2) is 5.78 Å². The van der Waals surface area contributed by atoms with Gasteiger partial charge in [0.25, 0.3) is 0 Å². The van der Waals surface area contributed by atoms with Gasteiger partial charge < -0.3 is 10.1 Å². The maximum Gasteiger partial charge on any atom is 0.243 e. The lowest BCUT2D eigenvalue weighted by Crippen LogP contribution is -2.40. The van der Waals surface area contributed by atoms with E-state index in [1.54, 1.807) is 23.5 Å². The van der Waals surface area contributed by atoms with Gasteiger partial charge in [-0.25, -0.2) is 8.42 Å². The molecule has 0 amide bonds. The normalized spacial score (nSPS) is 17.2. The second-order valence-corrected chi connectivity index (χ2v) is 10.4. The summed E-state index contributed by atoms with van der Waals surface area (Å²) in [4.78, 5) is 14.0. The number of hydrogen-bond donors (Lipinski definition) is 1. The van der Waals surface area contributed by atoms with Gasteiger partial charge in [0.2, 0.25) is 10.0 Å². The Morgan fingerprint density at radius 3 is 2.57 bits per heavy atom. The lowest BCUT2D eigenvalue weighted by Gasteiger charge is -2.26. The van der Waals surface area contributed by atoms with Crippen molar-refractivity contribution >= 4 is 32.1 Å². The van der Waals surface area contributed by atoms with E-state index in [1.807, 2.05) is 0 Å². The number of morpholine rings is 1. The van der Waals surface area contributed by atoms with E-state index in [0.717, 1.165) is 36.2 Å². The number of nitrogens with zero attached hydrogens (tertiary/aromatic N) is 2. The SMILES string of the molecule is N#Cc1c(NCC(=O)c2ccc(S(=O)(=O)N3CCOCC3)cc2)sc2c1CCCC2. The molecule has 0 spiro atoms. The Labute approximate surface area is 180 Å². The fraction of sp³-hybridized carbons (Fsp3) is 0.429. The molecule has 0 radical (unpaired) electrons. The summed E-state index contributed by atoms with van der Waals surface area (Å²) in [6, 6.07) is 8.32. The molecule has 9 heteroatoms. The van der Waals surface area contributed by atoms with Crippen LogP contribution in [0.3, 0.4) is 0 Å². The van der Waals surface area contributed by atoms with E-state index in [4.69, 9.17) is 4.74 Å². The summed E-state index contributed by atoms with van der Waals surface area (Å²) in [5.41, 5.74) is 2.22. The molecule has 0 saturated carbocycles. The van der Waals surface area contributed by atoms with Crippen LogP contribution in [-0.4, -0.2) is 51.4 Å². The van der Waals surface area contributed by atoms with E-state index in [9.17, 15) is 18.5 Å². The zero-order valence-electron chi connectivity index (χ0n) is 16.5. The van der Waals surface area contributed by atoms with Crippen molar-refractivity contribution in [2.24, 2.45) is 0 Å². The predicted molar refractivity (Wildman–Crippen MR) is 115 cm³/mol. The smallest absolute Gasteiger partial charge is 0.243 e. The Morgan fingerprint density at radius 1 is 1.17 bits per heavy atom. The number of fused-ring (bicyclic) bond motifs is 1. The van der Waals surface area contributed by atoms with Gasteiger partial charge in [-0.1, -0.05) is 0 Å². The highest BCUT2D eigenvalue weighted by molar-refractivity contribution is 7.89. The molecule has 1 saturated heterocycles. The highest BCUT2D eigenvalue weighted by Gasteiger charge is 2.26. The van der Waals surface area contributed by atoms with E-state index < -0.39 is 10.0 Å². The maximum atomic E-state index is 12.7. The first-order valence-corrected chi connectivity index (χ1v) is 12.3. The van der Waals surface area contributed by atoms with Crippen LogP contribution in [0.2, 0.25) is 0 Å². The van der Waals surface area contributed by atoms with Crippen LogP contribution in [0.1, 0.15) is 39.2 Å². The van der Waals surface area contributed by atoms with Crippen molar-refractivity contribution in [3.63, 3.8) is 0 Å². The molecule has 2 aromatic rings. The van der Waals surface area contributed by atoms with E-state index >= 15 is 0 Å². The molecule has 1 aliphatic heterocycles. The number of Topliss-reactive ketones (excluding diaryl/α,β-unsaturated/α-hetero) is 1. The minimum absolute atomic E-state index is 0.0592. The number of anilines is 1. The molecule has 1 aromatic heterocycles. The van der Waals surface area contributed by atoms with Crippen LogP contribution in [0.25, 0.3) is 0 Å². The van der Waals surface area contributed by atoms with Gasteiger partial charge in [0, 0.05) is 23.5 Å². The quantitative estimate of drug-likeness (QED) is 0.687. The highest BCUT2D eigenvalue weighted by Crippen LogP contribution is 2.37. The van der Waals surface area contributed by atoms with E-state index in [1.165, 1.54) is 21.3 Å². The Kier molecular flexibility index (Phi) is 6.20. The summed E-state index contributed by atoms with van der Waals surface area (Å²) in [6.07, 6.45) is 4.14. The molecule has 2 heterocycles. The lowest BCUT2D eigenvalue weighted by molar-refractivity contribution is 0.0730. The molecule has 1 aromatic carbocycles. The van der Waals surface area contributed by atoms with Crippen molar-refractivity contribution in [3.05, 3.63) is 45.8 Å². The summed E-state index contributed by atoms with van der Waals surface area (Å²) in [5, 5.41) is 13.4. The van der Waals surface area contributed by atoms with E-state index in [0.29, 0.717) is 37.4 Å². The van der Waals surface area contributed by atoms with E-state index in [2.05, 4.69) is 11.4 Å². The number of benzene rings is 1. The molecule has 1 aliphatic carbocycles. The van der Waals surface area contributed by atoms with Gasteiger partial charge in [0.1, 0.15) is 11.1 Å². The van der Waals surface area contributed by atoms with Gasteiger partial charge in [-0.15, -0.1) is 11.3 Å². The van der Waals surface area contributed by atoms with Crippen molar-refractivity contribution in [1.29, 1.82) is 5.26 Å². The summed E-state index contributed by atoms with van der Waals surface area (Å²) < 4.78 is 32.0. The summed E-state index contributed by atoms with van der Waals surface area (Å²) in [7, 11) is -3.58. The summed E-state index contributed by atoms with van der Waals surface area (Å²) >= 11 is 1.56. The number of nitriles is 1. The lowest BCUT2D eigenvalue weighted by atomic mass is 9.96. The van der Waals surface area contributed by atoms with Gasteiger partial charge in [-0.05, 0) is 55.5 Å². The number of rotatable bonds is 6. The third-order valence-corrected chi connectivity index (χ3v) is 8.64. The zero-order chi connectivity index (χ0) is 21.1. The molecule has 0 bridgehead atoms. The molecule has 1 fully saturated rings. The number of hydrogen-bond acceptors (Lipinski definition) is 7. The Hall–Kier alpha value is -2.25. The summed E-state index contributed by atoms with van der Waals surface area (Å²) in [6.45, 7) is 1.50. The molecule has 1 N–H and O–H groups in total. The molecular weight excluding hydrogens is 422 g/mol. The number of thiophene rings is 1. The summed E-state index contributed by atoms with van der Waals surface area (Å²) in [5.74, 6) is -0.152. The van der Waals surface area contributed by atoms with E-state index in [-0.39, 0.29) is 17.2 Å². The van der Waals surface area contributed by atoms with Crippen LogP contribution >= 0.6 is 11.3 Å². The second-order valence-electron chi connectivity index (χ2n) is 7.34. The Balaban J connectivity index is 1.44. The van der Waals surface area contributed by atoms with Gasteiger partial charge in [-0.3, -0.25) is 4.79 Å². The van der Waals surface area contributed by atoms with Crippen molar-refractivity contribution in [2.45, 2.75) is 30.6 Å². The molecule has 30 heavy (non-hydrogen) atoms. The first-order chi connectivity index (χ1) is 14.5.